The fourth-order valence-corrected chi connectivity index (χ4v) is 5.59. The summed E-state index contributed by atoms with van der Waals surface area (Å²) in [6.45, 7) is 4.63. The Kier molecular flexibility index (Phi) is 5.79. The molecule has 0 aliphatic carbocycles. The van der Waals surface area contributed by atoms with Gasteiger partial charge < -0.3 is 16.2 Å². The summed E-state index contributed by atoms with van der Waals surface area (Å²) in [4.78, 5) is 13.8. The minimum Gasteiger partial charge on any atom is -0.397 e. The van der Waals surface area contributed by atoms with E-state index >= 15 is 0 Å². The first-order valence-electron chi connectivity index (χ1n) is 8.87. The van der Waals surface area contributed by atoms with Crippen LogP contribution < -0.4 is 16.2 Å². The average Bonchev–Trinajstić information content (AvgIpc) is 3.18. The van der Waals surface area contributed by atoms with Gasteiger partial charge in [0.2, 0.25) is 0 Å². The predicted octanol–water partition coefficient (Wildman–Crippen LogP) is 4.16. The van der Waals surface area contributed by atoms with Gasteiger partial charge in [-0.25, -0.2) is 0 Å². The third-order valence-corrected chi connectivity index (χ3v) is 9.06. The zero-order valence-electron chi connectivity index (χ0n) is 15.5. The Morgan fingerprint density at radius 3 is 2.52 bits per heavy atom. The van der Waals surface area contributed by atoms with E-state index < -0.39 is 8.07 Å². The zero-order chi connectivity index (χ0) is 19.4. The molecule has 3 rings (SSSR count). The van der Waals surface area contributed by atoms with Gasteiger partial charge in [-0.05, 0) is 47.3 Å². The molecule has 1 heterocycles. The Morgan fingerprint density at radius 1 is 1.15 bits per heavy atom. The Bertz CT molecular complexity index is 922. The molecule has 27 heavy (non-hydrogen) atoms. The van der Waals surface area contributed by atoms with Crippen LogP contribution in [0.3, 0.4) is 0 Å². The lowest BCUT2D eigenvalue weighted by Crippen LogP contribution is -2.41. The summed E-state index contributed by atoms with van der Waals surface area (Å²) in [7, 11) is -1.66. The second-order valence-electron chi connectivity index (χ2n) is 7.17. The van der Waals surface area contributed by atoms with Gasteiger partial charge in [-0.15, -0.1) is 11.3 Å². The van der Waals surface area contributed by atoms with Crippen molar-refractivity contribution in [2.45, 2.75) is 19.1 Å². The number of amides is 1. The zero-order valence-corrected chi connectivity index (χ0v) is 17.3. The Labute approximate surface area is 164 Å². The summed E-state index contributed by atoms with van der Waals surface area (Å²) < 4.78 is 0. The molecule has 0 saturated heterocycles. The number of hydrogen-bond donors (Lipinski definition) is 3. The van der Waals surface area contributed by atoms with Gasteiger partial charge in [0.15, 0.2) is 0 Å². The highest BCUT2D eigenvalue weighted by atomic mass is 32.1. The van der Waals surface area contributed by atoms with Crippen molar-refractivity contribution in [3.8, 4) is 10.4 Å². The van der Waals surface area contributed by atoms with Crippen molar-refractivity contribution in [3.63, 3.8) is 0 Å². The van der Waals surface area contributed by atoms with Gasteiger partial charge >= 0.3 is 0 Å². The van der Waals surface area contributed by atoms with Crippen molar-refractivity contribution in [1.82, 2.24) is 0 Å². The van der Waals surface area contributed by atoms with Gasteiger partial charge in [0.05, 0.1) is 19.4 Å². The predicted molar refractivity (Wildman–Crippen MR) is 118 cm³/mol. The molecule has 0 unspecified atom stereocenters. The number of thiophene rings is 1. The van der Waals surface area contributed by atoms with E-state index in [1.54, 1.807) is 11.3 Å². The van der Waals surface area contributed by atoms with Crippen molar-refractivity contribution in [2.24, 2.45) is 0 Å². The number of anilines is 2. The van der Waals surface area contributed by atoms with E-state index in [2.05, 4.69) is 18.4 Å². The molecule has 4 N–H and O–H groups in total. The lowest BCUT2D eigenvalue weighted by molar-refractivity contribution is 0.102. The molecule has 0 radical (unpaired) electrons. The van der Waals surface area contributed by atoms with Crippen LogP contribution in [0.5, 0.6) is 0 Å². The summed E-state index contributed by atoms with van der Waals surface area (Å²) in [6.07, 6.45) is 0. The summed E-state index contributed by atoms with van der Waals surface area (Å²) in [5.74, 6) is -0.182. The topological polar surface area (TPSA) is 75.3 Å². The van der Waals surface area contributed by atoms with Crippen molar-refractivity contribution >= 4 is 41.9 Å². The summed E-state index contributed by atoms with van der Waals surface area (Å²) >= 11 is 1.65. The molecular formula is C21H24N2O2SSi. The molecule has 3 aromatic rings. The fraction of sp³-hybridized carbons (Fsp3) is 0.190. The van der Waals surface area contributed by atoms with E-state index in [1.807, 2.05) is 60.0 Å². The van der Waals surface area contributed by atoms with Crippen molar-refractivity contribution in [2.75, 3.05) is 17.7 Å². The van der Waals surface area contributed by atoms with Gasteiger partial charge in [-0.2, -0.15) is 0 Å². The molecule has 140 valence electrons. The number of rotatable bonds is 6. The molecule has 0 fully saturated rings. The maximum absolute atomic E-state index is 12.7. The first-order valence-corrected chi connectivity index (χ1v) is 13.0. The van der Waals surface area contributed by atoms with Gasteiger partial charge in [0.1, 0.15) is 0 Å². The number of aliphatic hydroxyl groups excluding tert-OH is 1. The van der Waals surface area contributed by atoms with Gasteiger partial charge in [-0.3, -0.25) is 4.79 Å². The number of carbonyl (C=O) groups excluding carboxylic acids is 1. The fourth-order valence-electron chi connectivity index (χ4n) is 2.95. The maximum atomic E-state index is 12.7. The number of nitrogen functional groups attached to an aromatic ring is 1. The highest BCUT2D eigenvalue weighted by Crippen LogP contribution is 2.30. The molecule has 0 spiro atoms. The molecule has 0 atom stereocenters. The van der Waals surface area contributed by atoms with Crippen LogP contribution in [0.4, 0.5) is 11.4 Å². The van der Waals surface area contributed by atoms with Crippen LogP contribution in [-0.4, -0.2) is 25.7 Å². The largest absolute Gasteiger partial charge is 0.397 e. The van der Waals surface area contributed by atoms with Gasteiger partial charge in [0, 0.05) is 17.0 Å². The number of carbonyl (C=O) groups is 1. The van der Waals surface area contributed by atoms with E-state index in [0.717, 1.165) is 16.5 Å². The molecule has 0 bridgehead atoms. The van der Waals surface area contributed by atoms with Crippen LogP contribution in [0, 0.1) is 0 Å². The maximum Gasteiger partial charge on any atom is 0.255 e. The molecule has 1 amide bonds. The molecule has 0 aliphatic rings. The highest BCUT2D eigenvalue weighted by Gasteiger charge is 2.22. The van der Waals surface area contributed by atoms with Gasteiger partial charge in [0.25, 0.3) is 5.91 Å². The Morgan fingerprint density at radius 2 is 1.89 bits per heavy atom. The minimum atomic E-state index is -1.66. The number of aliphatic hydroxyl groups is 1. The molecule has 4 nitrogen and oxygen atoms in total. The van der Waals surface area contributed by atoms with Crippen molar-refractivity contribution < 1.29 is 9.90 Å². The van der Waals surface area contributed by atoms with Crippen LogP contribution in [-0.2, 0) is 0 Å². The standard InChI is InChI=1S/C21H24N2O2SSi/c1-27(2,13-11-24)17-8-5-15(6-9-17)21(25)23-19-14-16(7-10-18(19)22)20-4-3-12-26-20/h3-10,12,14,24H,11,13,22H2,1-2H3,(H,23,25). The first kappa shape index (κ1) is 19.4. The Hall–Kier alpha value is -2.41. The summed E-state index contributed by atoms with van der Waals surface area (Å²) in [5.41, 5.74) is 8.83. The van der Waals surface area contributed by atoms with Crippen LogP contribution in [0.15, 0.2) is 60.0 Å². The SMILES string of the molecule is C[Si](C)(CCO)c1ccc(C(=O)Nc2cc(-c3cccs3)ccc2N)cc1. The lowest BCUT2D eigenvalue weighted by atomic mass is 10.1. The smallest absolute Gasteiger partial charge is 0.255 e. The lowest BCUT2D eigenvalue weighted by Gasteiger charge is -2.22. The van der Waals surface area contributed by atoms with Crippen LogP contribution >= 0.6 is 11.3 Å². The van der Waals surface area contributed by atoms with Crippen LogP contribution in [0.1, 0.15) is 10.4 Å². The second-order valence-corrected chi connectivity index (χ2v) is 13.0. The van der Waals surface area contributed by atoms with Crippen molar-refractivity contribution in [3.05, 3.63) is 65.5 Å². The quantitative estimate of drug-likeness (QED) is 0.433. The van der Waals surface area contributed by atoms with Crippen LogP contribution in [0.2, 0.25) is 19.1 Å². The summed E-state index contributed by atoms with van der Waals surface area (Å²) in [5, 5.41) is 15.4. The van der Waals surface area contributed by atoms with E-state index in [-0.39, 0.29) is 12.5 Å². The molecule has 0 saturated carbocycles. The van der Waals surface area contributed by atoms with E-state index in [1.165, 1.54) is 5.19 Å². The minimum absolute atomic E-state index is 0.182. The van der Waals surface area contributed by atoms with Crippen molar-refractivity contribution in [1.29, 1.82) is 0 Å². The number of hydrogen-bond acceptors (Lipinski definition) is 4. The molecule has 1 aromatic heterocycles. The number of nitrogens with two attached hydrogens (primary N) is 1. The average molecular weight is 397 g/mol. The third-order valence-electron chi connectivity index (χ3n) is 4.77. The third kappa shape index (κ3) is 4.47. The molecular weight excluding hydrogens is 372 g/mol. The first-order chi connectivity index (χ1) is 12.9. The summed E-state index contributed by atoms with van der Waals surface area (Å²) in [6, 6.07) is 18.2. The van der Waals surface area contributed by atoms with E-state index in [9.17, 15) is 9.90 Å². The Balaban J connectivity index is 1.78. The highest BCUT2D eigenvalue weighted by molar-refractivity contribution is 7.13. The van der Waals surface area contributed by atoms with E-state index in [4.69, 9.17) is 5.73 Å². The number of nitrogens with one attached hydrogen (secondary N) is 1. The molecule has 6 heteroatoms. The normalized spacial score (nSPS) is 11.4. The number of benzene rings is 2. The van der Waals surface area contributed by atoms with E-state index in [0.29, 0.717) is 16.9 Å². The molecule has 0 aliphatic heterocycles. The second kappa shape index (κ2) is 8.08. The monoisotopic (exact) mass is 396 g/mol. The van der Waals surface area contributed by atoms with Crippen LogP contribution in [0.25, 0.3) is 10.4 Å². The van der Waals surface area contributed by atoms with Gasteiger partial charge in [-0.1, -0.05) is 42.5 Å². The molecule has 2 aromatic carbocycles.